The van der Waals surface area contributed by atoms with Gasteiger partial charge >= 0.3 is 0 Å². The van der Waals surface area contributed by atoms with Crippen molar-refractivity contribution < 1.29 is 4.21 Å². The highest BCUT2D eigenvalue weighted by Gasteiger charge is 2.02. The SMILES string of the molecule is CCS(=O)CCNCc1cc(Br)c(C)s1. The van der Waals surface area contributed by atoms with Gasteiger partial charge in [0.1, 0.15) is 0 Å². The Labute approximate surface area is 106 Å². The van der Waals surface area contributed by atoms with Gasteiger partial charge in [-0.2, -0.15) is 0 Å². The van der Waals surface area contributed by atoms with E-state index in [1.54, 1.807) is 11.3 Å². The molecule has 0 amide bonds. The molecule has 1 unspecified atom stereocenters. The smallest absolute Gasteiger partial charge is 0.0360 e. The topological polar surface area (TPSA) is 29.1 Å². The van der Waals surface area contributed by atoms with Crippen molar-refractivity contribution in [1.82, 2.24) is 5.32 Å². The van der Waals surface area contributed by atoms with Crippen LogP contribution < -0.4 is 5.32 Å². The van der Waals surface area contributed by atoms with Gasteiger partial charge in [-0.15, -0.1) is 11.3 Å². The normalized spacial score (nSPS) is 13.0. The molecule has 0 saturated carbocycles. The Morgan fingerprint density at radius 2 is 2.33 bits per heavy atom. The molecule has 15 heavy (non-hydrogen) atoms. The Bertz CT molecular complexity index is 319. The van der Waals surface area contributed by atoms with E-state index in [1.165, 1.54) is 14.2 Å². The second-order valence-electron chi connectivity index (χ2n) is 3.23. The Kier molecular flexibility index (Phi) is 6.04. The quantitative estimate of drug-likeness (QED) is 0.819. The number of thiophene rings is 1. The molecule has 5 heteroatoms. The van der Waals surface area contributed by atoms with Crippen LogP contribution in [0.2, 0.25) is 0 Å². The number of rotatable bonds is 6. The van der Waals surface area contributed by atoms with Gasteiger partial charge in [-0.05, 0) is 28.9 Å². The van der Waals surface area contributed by atoms with Crippen LogP contribution in [-0.2, 0) is 17.3 Å². The summed E-state index contributed by atoms with van der Waals surface area (Å²) < 4.78 is 12.3. The number of hydrogen-bond acceptors (Lipinski definition) is 3. The largest absolute Gasteiger partial charge is 0.311 e. The van der Waals surface area contributed by atoms with Crippen molar-refractivity contribution in [3.63, 3.8) is 0 Å². The van der Waals surface area contributed by atoms with Crippen molar-refractivity contribution in [2.75, 3.05) is 18.1 Å². The summed E-state index contributed by atoms with van der Waals surface area (Å²) >= 11 is 5.29. The van der Waals surface area contributed by atoms with Gasteiger partial charge in [0.15, 0.2) is 0 Å². The lowest BCUT2D eigenvalue weighted by Gasteiger charge is -2.01. The molecule has 1 atom stereocenters. The van der Waals surface area contributed by atoms with Crippen molar-refractivity contribution in [2.24, 2.45) is 0 Å². The molecule has 2 nitrogen and oxygen atoms in total. The van der Waals surface area contributed by atoms with Crippen LogP contribution >= 0.6 is 27.3 Å². The molecule has 0 aliphatic rings. The zero-order chi connectivity index (χ0) is 11.3. The molecule has 0 aromatic carbocycles. The summed E-state index contributed by atoms with van der Waals surface area (Å²) in [6.07, 6.45) is 0. The van der Waals surface area contributed by atoms with Gasteiger partial charge in [0, 0.05) is 49.6 Å². The summed E-state index contributed by atoms with van der Waals surface area (Å²) in [7, 11) is -0.652. The Morgan fingerprint density at radius 1 is 1.60 bits per heavy atom. The summed E-state index contributed by atoms with van der Waals surface area (Å²) in [5.74, 6) is 1.51. The fraction of sp³-hybridized carbons (Fsp3) is 0.600. The van der Waals surface area contributed by atoms with E-state index in [4.69, 9.17) is 0 Å². The molecule has 0 radical (unpaired) electrons. The van der Waals surface area contributed by atoms with Crippen LogP contribution in [0.1, 0.15) is 16.7 Å². The molecule has 0 bridgehead atoms. The molecule has 1 aromatic rings. The predicted molar refractivity (Wildman–Crippen MR) is 72.0 cm³/mol. The fourth-order valence-electron chi connectivity index (χ4n) is 1.15. The van der Waals surface area contributed by atoms with Crippen LogP contribution in [0, 0.1) is 6.92 Å². The predicted octanol–water partition coefficient (Wildman–Crippen LogP) is 2.68. The highest BCUT2D eigenvalue weighted by atomic mass is 79.9. The van der Waals surface area contributed by atoms with Crippen molar-refractivity contribution in [1.29, 1.82) is 0 Å². The van der Waals surface area contributed by atoms with E-state index < -0.39 is 10.8 Å². The van der Waals surface area contributed by atoms with Crippen LogP contribution in [0.5, 0.6) is 0 Å². The van der Waals surface area contributed by atoms with Crippen molar-refractivity contribution in [3.8, 4) is 0 Å². The van der Waals surface area contributed by atoms with E-state index in [1.807, 2.05) is 6.92 Å². The lowest BCUT2D eigenvalue weighted by Crippen LogP contribution is -2.20. The van der Waals surface area contributed by atoms with Crippen LogP contribution in [0.3, 0.4) is 0 Å². The van der Waals surface area contributed by atoms with E-state index in [9.17, 15) is 4.21 Å². The molecule has 1 aromatic heterocycles. The third-order valence-electron chi connectivity index (χ3n) is 2.04. The van der Waals surface area contributed by atoms with E-state index in [2.05, 4.69) is 34.2 Å². The maximum Gasteiger partial charge on any atom is 0.0360 e. The first-order valence-electron chi connectivity index (χ1n) is 4.94. The molecular weight excluding hydrogens is 294 g/mol. The minimum Gasteiger partial charge on any atom is -0.311 e. The maximum atomic E-state index is 11.1. The maximum absolute atomic E-state index is 11.1. The van der Waals surface area contributed by atoms with Crippen LogP contribution in [0.4, 0.5) is 0 Å². The molecule has 0 aliphatic carbocycles. The van der Waals surface area contributed by atoms with E-state index in [0.29, 0.717) is 0 Å². The van der Waals surface area contributed by atoms with Gasteiger partial charge in [0.25, 0.3) is 0 Å². The first-order chi connectivity index (χ1) is 7.13. The lowest BCUT2D eigenvalue weighted by atomic mass is 10.4. The Hall–Kier alpha value is 0.290. The van der Waals surface area contributed by atoms with Crippen LogP contribution in [0.25, 0.3) is 0 Å². The molecular formula is C10H16BrNOS2. The van der Waals surface area contributed by atoms with Gasteiger partial charge in [0.2, 0.25) is 0 Å². The monoisotopic (exact) mass is 309 g/mol. The molecule has 0 fully saturated rings. The van der Waals surface area contributed by atoms with E-state index >= 15 is 0 Å². The van der Waals surface area contributed by atoms with Crippen molar-refractivity contribution >= 4 is 38.1 Å². The third-order valence-corrected chi connectivity index (χ3v) is 5.48. The molecule has 0 aliphatic heterocycles. The number of halogens is 1. The number of aryl methyl sites for hydroxylation is 1. The summed E-state index contributed by atoms with van der Waals surface area (Å²) in [6, 6.07) is 2.14. The first kappa shape index (κ1) is 13.4. The van der Waals surface area contributed by atoms with Crippen LogP contribution in [0.15, 0.2) is 10.5 Å². The Balaban J connectivity index is 2.23. The van der Waals surface area contributed by atoms with Gasteiger partial charge in [-0.3, -0.25) is 4.21 Å². The van der Waals surface area contributed by atoms with Gasteiger partial charge in [0.05, 0.1) is 0 Å². The average Bonchev–Trinajstić information content (AvgIpc) is 2.53. The minimum absolute atomic E-state index is 0.652. The van der Waals surface area contributed by atoms with Crippen molar-refractivity contribution in [3.05, 3.63) is 20.3 Å². The van der Waals surface area contributed by atoms with Gasteiger partial charge < -0.3 is 5.32 Å². The minimum atomic E-state index is -0.652. The highest BCUT2D eigenvalue weighted by molar-refractivity contribution is 9.10. The molecule has 1 N–H and O–H groups in total. The Morgan fingerprint density at radius 3 is 2.87 bits per heavy atom. The highest BCUT2D eigenvalue weighted by Crippen LogP contribution is 2.25. The zero-order valence-electron chi connectivity index (χ0n) is 9.01. The molecule has 0 saturated heterocycles. The zero-order valence-corrected chi connectivity index (χ0v) is 12.2. The second kappa shape index (κ2) is 6.78. The molecule has 1 rings (SSSR count). The van der Waals surface area contributed by atoms with E-state index in [-0.39, 0.29) is 0 Å². The lowest BCUT2D eigenvalue weighted by molar-refractivity contribution is 0.675. The standard InChI is InChI=1S/C10H16BrNOS2/c1-3-15(13)5-4-12-7-9-6-10(11)8(2)14-9/h6,12H,3-5,7H2,1-2H3. The summed E-state index contributed by atoms with van der Waals surface area (Å²) in [5, 5.41) is 3.30. The molecule has 1 heterocycles. The molecule has 86 valence electrons. The number of nitrogens with one attached hydrogen (secondary N) is 1. The average molecular weight is 310 g/mol. The van der Waals surface area contributed by atoms with Gasteiger partial charge in [-0.25, -0.2) is 0 Å². The molecule has 0 spiro atoms. The van der Waals surface area contributed by atoms with Crippen molar-refractivity contribution in [2.45, 2.75) is 20.4 Å². The van der Waals surface area contributed by atoms with Gasteiger partial charge in [-0.1, -0.05) is 6.92 Å². The fourth-order valence-corrected chi connectivity index (χ4v) is 3.38. The van der Waals surface area contributed by atoms with E-state index in [0.717, 1.165) is 24.6 Å². The number of hydrogen-bond donors (Lipinski definition) is 1. The summed E-state index contributed by atoms with van der Waals surface area (Å²) in [5.41, 5.74) is 0. The first-order valence-corrected chi connectivity index (χ1v) is 8.03. The third kappa shape index (κ3) is 4.76. The van der Waals surface area contributed by atoms with Crippen LogP contribution in [-0.4, -0.2) is 22.3 Å². The summed E-state index contributed by atoms with van der Waals surface area (Å²) in [4.78, 5) is 2.63. The summed E-state index contributed by atoms with van der Waals surface area (Å²) in [6.45, 7) is 5.76. The second-order valence-corrected chi connectivity index (χ2v) is 7.29.